The molecule has 10 rings (SSSR count). The predicted octanol–water partition coefficient (Wildman–Crippen LogP) is 13.7. The van der Waals surface area contributed by atoms with E-state index in [1.54, 1.807) is 0 Å². The molecule has 0 aliphatic rings. The minimum Gasteiger partial charge on any atom is -0.456 e. The molecular formula is C48H30O. The normalized spacial score (nSPS) is 11.7. The molecule has 0 bridgehead atoms. The van der Waals surface area contributed by atoms with Crippen molar-refractivity contribution < 1.29 is 4.42 Å². The molecule has 0 aliphatic carbocycles. The third-order valence-corrected chi connectivity index (χ3v) is 10.1. The largest absolute Gasteiger partial charge is 0.456 e. The van der Waals surface area contributed by atoms with E-state index in [0.717, 1.165) is 27.5 Å². The first kappa shape index (κ1) is 27.7. The van der Waals surface area contributed by atoms with Gasteiger partial charge in [-0.2, -0.15) is 0 Å². The second-order valence-electron chi connectivity index (χ2n) is 12.8. The van der Waals surface area contributed by atoms with Crippen LogP contribution in [0.15, 0.2) is 186 Å². The summed E-state index contributed by atoms with van der Waals surface area (Å²) in [6.07, 6.45) is 0. The Morgan fingerprint density at radius 2 is 0.816 bits per heavy atom. The van der Waals surface area contributed by atoms with Gasteiger partial charge in [0, 0.05) is 10.8 Å². The molecule has 0 spiro atoms. The van der Waals surface area contributed by atoms with Crippen LogP contribution in [0, 0.1) is 0 Å². The minimum absolute atomic E-state index is 0.902. The molecular weight excluding hydrogens is 593 g/mol. The zero-order valence-electron chi connectivity index (χ0n) is 26.7. The van der Waals surface area contributed by atoms with Crippen LogP contribution in [0.5, 0.6) is 0 Å². The summed E-state index contributed by atoms with van der Waals surface area (Å²) in [5, 5.41) is 9.76. The summed E-state index contributed by atoms with van der Waals surface area (Å²) in [6, 6.07) is 65.8. The number of hydrogen-bond donors (Lipinski definition) is 0. The van der Waals surface area contributed by atoms with E-state index in [9.17, 15) is 0 Å². The molecule has 0 unspecified atom stereocenters. The van der Waals surface area contributed by atoms with Gasteiger partial charge in [0.25, 0.3) is 0 Å². The van der Waals surface area contributed by atoms with E-state index in [1.165, 1.54) is 71.3 Å². The van der Waals surface area contributed by atoms with Crippen molar-refractivity contribution in [3.05, 3.63) is 182 Å². The SMILES string of the molecule is c1ccc(-c2ccc3c(c2)oc2ccc(-c4c5ccccc5c(-c5cccc(-c6cccc7ccccc67)c5)c5ccccc45)cc23)cc1. The third-order valence-electron chi connectivity index (χ3n) is 10.1. The second-order valence-corrected chi connectivity index (χ2v) is 12.8. The van der Waals surface area contributed by atoms with Crippen LogP contribution in [0.1, 0.15) is 0 Å². The molecule has 0 atom stereocenters. The highest BCUT2D eigenvalue weighted by Crippen LogP contribution is 2.45. The Morgan fingerprint density at radius 3 is 1.55 bits per heavy atom. The van der Waals surface area contributed by atoms with Crippen LogP contribution in [0.2, 0.25) is 0 Å². The Labute approximate surface area is 284 Å². The average molecular weight is 623 g/mol. The molecule has 1 heterocycles. The van der Waals surface area contributed by atoms with Crippen LogP contribution in [0.4, 0.5) is 0 Å². The second kappa shape index (κ2) is 11.1. The van der Waals surface area contributed by atoms with E-state index in [0.29, 0.717) is 0 Å². The van der Waals surface area contributed by atoms with Crippen molar-refractivity contribution in [1.82, 2.24) is 0 Å². The standard InChI is InChI=1S/C48H30O/c1-2-12-31(13-3-1)33-24-26-39-44-29-36(25-27-45(44)49-46(39)30-33)48-42-21-8-6-19-40(42)47(41-20-7-9-22-43(41)48)35-17-10-16-34(28-35)38-23-11-15-32-14-4-5-18-37(32)38/h1-30H. The van der Waals surface area contributed by atoms with Gasteiger partial charge in [-0.1, -0.05) is 152 Å². The zero-order valence-corrected chi connectivity index (χ0v) is 26.7. The van der Waals surface area contributed by atoms with Gasteiger partial charge in [0.1, 0.15) is 11.2 Å². The van der Waals surface area contributed by atoms with E-state index in [2.05, 4.69) is 176 Å². The maximum absolute atomic E-state index is 6.43. The van der Waals surface area contributed by atoms with Gasteiger partial charge in [-0.05, 0) is 107 Å². The molecule has 0 N–H and O–H groups in total. The number of hydrogen-bond acceptors (Lipinski definition) is 1. The lowest BCUT2D eigenvalue weighted by Crippen LogP contribution is -1.91. The zero-order chi connectivity index (χ0) is 32.3. The van der Waals surface area contributed by atoms with E-state index >= 15 is 0 Å². The summed E-state index contributed by atoms with van der Waals surface area (Å²) in [7, 11) is 0. The van der Waals surface area contributed by atoms with Crippen molar-refractivity contribution in [2.24, 2.45) is 0 Å². The van der Waals surface area contributed by atoms with Gasteiger partial charge >= 0.3 is 0 Å². The van der Waals surface area contributed by atoms with Gasteiger partial charge in [-0.25, -0.2) is 0 Å². The van der Waals surface area contributed by atoms with Crippen molar-refractivity contribution in [1.29, 1.82) is 0 Å². The summed E-state index contributed by atoms with van der Waals surface area (Å²) in [5.41, 5.74) is 11.5. The number of benzene rings is 9. The van der Waals surface area contributed by atoms with Crippen LogP contribution < -0.4 is 0 Å². The first-order chi connectivity index (χ1) is 24.3. The molecule has 228 valence electrons. The average Bonchev–Trinajstić information content (AvgIpc) is 3.54. The van der Waals surface area contributed by atoms with Crippen molar-refractivity contribution in [3.8, 4) is 44.5 Å². The lowest BCUT2D eigenvalue weighted by Gasteiger charge is -2.18. The maximum Gasteiger partial charge on any atom is 0.136 e. The Bertz CT molecular complexity index is 2810. The van der Waals surface area contributed by atoms with Crippen molar-refractivity contribution >= 4 is 54.3 Å². The summed E-state index contributed by atoms with van der Waals surface area (Å²) in [5.74, 6) is 0. The van der Waals surface area contributed by atoms with Crippen LogP contribution in [0.3, 0.4) is 0 Å². The third kappa shape index (κ3) is 4.47. The lowest BCUT2D eigenvalue weighted by molar-refractivity contribution is 0.669. The summed E-state index contributed by atoms with van der Waals surface area (Å²) in [6.45, 7) is 0. The highest BCUT2D eigenvalue weighted by Gasteiger charge is 2.18. The molecule has 0 saturated carbocycles. The van der Waals surface area contributed by atoms with Gasteiger partial charge in [-0.3, -0.25) is 0 Å². The van der Waals surface area contributed by atoms with Gasteiger partial charge in [0.2, 0.25) is 0 Å². The van der Waals surface area contributed by atoms with Crippen molar-refractivity contribution in [3.63, 3.8) is 0 Å². The Kier molecular flexibility index (Phi) is 6.25. The quantitative estimate of drug-likeness (QED) is 0.178. The van der Waals surface area contributed by atoms with Gasteiger partial charge < -0.3 is 4.42 Å². The van der Waals surface area contributed by atoms with Gasteiger partial charge in [0.15, 0.2) is 0 Å². The molecule has 0 aliphatic heterocycles. The lowest BCUT2D eigenvalue weighted by atomic mass is 9.85. The van der Waals surface area contributed by atoms with Crippen LogP contribution in [-0.4, -0.2) is 0 Å². The fraction of sp³-hybridized carbons (Fsp3) is 0. The molecule has 49 heavy (non-hydrogen) atoms. The molecule has 0 saturated heterocycles. The van der Waals surface area contributed by atoms with E-state index in [-0.39, 0.29) is 0 Å². The predicted molar refractivity (Wildman–Crippen MR) is 208 cm³/mol. The molecule has 10 aromatic rings. The minimum atomic E-state index is 0.902. The first-order valence-corrected chi connectivity index (χ1v) is 16.8. The molecule has 0 amide bonds. The van der Waals surface area contributed by atoms with Gasteiger partial charge in [-0.15, -0.1) is 0 Å². The molecule has 0 radical (unpaired) electrons. The van der Waals surface area contributed by atoms with Crippen molar-refractivity contribution in [2.45, 2.75) is 0 Å². The summed E-state index contributed by atoms with van der Waals surface area (Å²) in [4.78, 5) is 0. The molecule has 1 aromatic heterocycles. The molecule has 1 nitrogen and oxygen atoms in total. The number of furan rings is 1. The monoisotopic (exact) mass is 622 g/mol. The van der Waals surface area contributed by atoms with E-state index in [1.807, 2.05) is 6.07 Å². The molecule has 0 fully saturated rings. The number of rotatable bonds is 4. The first-order valence-electron chi connectivity index (χ1n) is 16.8. The fourth-order valence-corrected chi connectivity index (χ4v) is 7.81. The summed E-state index contributed by atoms with van der Waals surface area (Å²) < 4.78 is 6.43. The fourth-order valence-electron chi connectivity index (χ4n) is 7.81. The van der Waals surface area contributed by atoms with Crippen LogP contribution in [-0.2, 0) is 0 Å². The highest BCUT2D eigenvalue weighted by atomic mass is 16.3. The molecule has 1 heteroatoms. The van der Waals surface area contributed by atoms with Crippen LogP contribution >= 0.6 is 0 Å². The van der Waals surface area contributed by atoms with Gasteiger partial charge in [0.05, 0.1) is 0 Å². The maximum atomic E-state index is 6.43. The Morgan fingerprint density at radius 1 is 0.265 bits per heavy atom. The number of fused-ring (bicyclic) bond motifs is 6. The Balaban J connectivity index is 1.18. The van der Waals surface area contributed by atoms with E-state index in [4.69, 9.17) is 4.42 Å². The molecule has 9 aromatic carbocycles. The smallest absolute Gasteiger partial charge is 0.136 e. The van der Waals surface area contributed by atoms with E-state index < -0.39 is 0 Å². The highest BCUT2D eigenvalue weighted by molar-refractivity contribution is 6.22. The van der Waals surface area contributed by atoms with Crippen LogP contribution in [0.25, 0.3) is 98.8 Å². The summed E-state index contributed by atoms with van der Waals surface area (Å²) >= 11 is 0. The topological polar surface area (TPSA) is 13.1 Å². The Hall–Kier alpha value is -6.44. The van der Waals surface area contributed by atoms with Crippen molar-refractivity contribution in [2.75, 3.05) is 0 Å².